The minimum absolute atomic E-state index is 0.755. The molecule has 0 unspecified atom stereocenters. The second-order valence-corrected chi connectivity index (χ2v) is 5.91. The molecule has 0 aromatic heterocycles. The Hall–Kier alpha value is -0.258. The molecule has 0 aromatic rings. The quantitative estimate of drug-likeness (QED) is 0.576. The van der Waals surface area contributed by atoms with E-state index in [4.69, 9.17) is 5.11 Å². The van der Waals surface area contributed by atoms with Gasteiger partial charge in [-0.3, -0.25) is 0 Å². The molecule has 0 aliphatic rings. The van der Waals surface area contributed by atoms with Crippen LogP contribution in [0.2, 0.25) is 10.6 Å². The highest BCUT2D eigenvalue weighted by Crippen LogP contribution is 2.05. The Morgan fingerprint density at radius 1 is 1.20 bits per heavy atom. The summed E-state index contributed by atoms with van der Waals surface area (Å²) in [6, 6.07) is 0. The van der Waals surface area contributed by atoms with Crippen LogP contribution in [0.1, 0.15) is 34.6 Å². The lowest BCUT2D eigenvalue weighted by Gasteiger charge is -2.03. The van der Waals surface area contributed by atoms with E-state index >= 15 is 0 Å². The molecule has 1 N–H and O–H groups in total. The van der Waals surface area contributed by atoms with Gasteiger partial charge in [-0.2, -0.15) is 0 Å². The van der Waals surface area contributed by atoms with Gasteiger partial charge in [-0.05, 0) is 6.92 Å². The van der Waals surface area contributed by atoms with Crippen molar-refractivity contribution in [3.8, 4) is 0 Å². The van der Waals surface area contributed by atoms with Gasteiger partial charge in [0.25, 0.3) is 0 Å². The minimum Gasteiger partial charge on any atom is -0.478 e. The summed E-state index contributed by atoms with van der Waals surface area (Å²) >= 11 is 0.755. The van der Waals surface area contributed by atoms with Crippen molar-refractivity contribution in [3.05, 3.63) is 12.2 Å². The first kappa shape index (κ1) is 17.1. The third-order valence-corrected chi connectivity index (χ3v) is 4.14. The van der Waals surface area contributed by atoms with E-state index in [9.17, 15) is 4.79 Å². The second-order valence-electron chi connectivity index (χ2n) is 4.39. The molecular weight excluding hydrogens is 203 g/mol. The van der Waals surface area contributed by atoms with Crippen LogP contribution in [-0.4, -0.2) is 26.3 Å². The van der Waals surface area contributed by atoms with Crippen LogP contribution >= 0.6 is 0 Å². The second kappa shape index (κ2) is 11.8. The third kappa shape index (κ3) is 24.8. The summed E-state index contributed by atoms with van der Waals surface area (Å²) in [4.78, 5) is 9.51. The molecule has 0 bridgehead atoms. The molecule has 0 spiro atoms. The first-order valence-electron chi connectivity index (χ1n) is 5.57. The van der Waals surface area contributed by atoms with Crippen molar-refractivity contribution in [2.45, 2.75) is 45.2 Å². The maximum Gasteiger partial charge on any atom is 0.327 e. The van der Waals surface area contributed by atoms with Gasteiger partial charge in [-0.25, -0.2) is 4.79 Å². The van der Waals surface area contributed by atoms with Crippen LogP contribution in [0.3, 0.4) is 0 Å². The molecule has 0 aliphatic carbocycles. The zero-order valence-electron chi connectivity index (χ0n) is 10.7. The lowest BCUT2D eigenvalue weighted by molar-refractivity contribution is -0.131. The van der Waals surface area contributed by atoms with Crippen LogP contribution < -0.4 is 0 Å². The number of allylic oxidation sites excluding steroid dienone is 1. The van der Waals surface area contributed by atoms with E-state index in [1.165, 1.54) is 16.6 Å². The molecule has 1 radical (unpaired) electrons. The number of carboxylic acid groups (broad SMARTS) is 1. The van der Waals surface area contributed by atoms with E-state index in [2.05, 4.69) is 27.7 Å². The van der Waals surface area contributed by atoms with Gasteiger partial charge in [0.1, 0.15) is 0 Å². The Morgan fingerprint density at radius 3 is 1.73 bits per heavy atom. The largest absolute Gasteiger partial charge is 0.478 e. The van der Waals surface area contributed by atoms with E-state index in [1.54, 1.807) is 6.92 Å². The van der Waals surface area contributed by atoms with Crippen molar-refractivity contribution in [2.24, 2.45) is 11.8 Å². The van der Waals surface area contributed by atoms with Crippen LogP contribution in [0, 0.1) is 11.8 Å². The number of carboxylic acids is 1. The Morgan fingerprint density at radius 2 is 1.60 bits per heavy atom. The van der Waals surface area contributed by atoms with Crippen molar-refractivity contribution in [1.29, 1.82) is 0 Å². The highest BCUT2D eigenvalue weighted by atomic mass is 27.1. The number of hydrogen-bond donors (Lipinski definition) is 1. The fourth-order valence-electron chi connectivity index (χ4n) is 0.905. The van der Waals surface area contributed by atoms with E-state index in [0.717, 1.165) is 33.1 Å². The van der Waals surface area contributed by atoms with E-state index < -0.39 is 5.97 Å². The minimum atomic E-state index is -0.891. The molecule has 0 rings (SSSR count). The lowest BCUT2D eigenvalue weighted by Crippen LogP contribution is -1.99. The molecular formula is C12H24AlO2. The summed E-state index contributed by atoms with van der Waals surface area (Å²) in [6.45, 7) is 10.9. The van der Waals surface area contributed by atoms with Crippen LogP contribution in [0.5, 0.6) is 0 Å². The van der Waals surface area contributed by atoms with Crippen molar-refractivity contribution in [3.63, 3.8) is 0 Å². The maximum absolute atomic E-state index is 9.51. The SMILES string of the molecule is CC(C)[CH2][Al][CH2]C(C)C.CC=CC(=O)O. The number of aliphatic carboxylic acids is 1. The molecule has 0 saturated heterocycles. The number of hydrogen-bond acceptors (Lipinski definition) is 1. The number of rotatable bonds is 5. The topological polar surface area (TPSA) is 37.3 Å². The molecule has 15 heavy (non-hydrogen) atoms. The Balaban J connectivity index is 0. The van der Waals surface area contributed by atoms with Gasteiger partial charge in [-0.15, -0.1) is 10.6 Å². The molecule has 3 heteroatoms. The molecule has 0 aliphatic heterocycles. The fraction of sp³-hybridized carbons (Fsp3) is 0.750. The standard InChI is InChI=1S/C4H6O2.2C4H9.Al/c1-2-3-4(5)6;2*1-4(2)3;/h2-3H,1H3,(H,5,6);2*4H,1H2,2-3H3;. The summed E-state index contributed by atoms with van der Waals surface area (Å²) in [7, 11) is 0. The zero-order valence-corrected chi connectivity index (χ0v) is 11.8. The molecule has 87 valence electrons. The van der Waals surface area contributed by atoms with Crippen molar-refractivity contribution < 1.29 is 9.90 Å². The summed E-state index contributed by atoms with van der Waals surface area (Å²) in [6.07, 6.45) is 2.56. The van der Waals surface area contributed by atoms with E-state index in [-0.39, 0.29) is 0 Å². The third-order valence-electron chi connectivity index (χ3n) is 1.59. The highest BCUT2D eigenvalue weighted by molar-refractivity contribution is 6.35. The molecule has 0 fully saturated rings. The van der Waals surface area contributed by atoms with Gasteiger partial charge < -0.3 is 5.11 Å². The van der Waals surface area contributed by atoms with Crippen molar-refractivity contribution in [1.82, 2.24) is 0 Å². The summed E-state index contributed by atoms with van der Waals surface area (Å²) < 4.78 is 0. The van der Waals surface area contributed by atoms with Crippen LogP contribution in [-0.2, 0) is 4.79 Å². The van der Waals surface area contributed by atoms with E-state index in [1.807, 2.05) is 0 Å². The monoisotopic (exact) mass is 227 g/mol. The summed E-state index contributed by atoms with van der Waals surface area (Å²) in [5, 5.41) is 10.8. The van der Waals surface area contributed by atoms with Crippen LogP contribution in [0.15, 0.2) is 12.2 Å². The Labute approximate surface area is 100 Å². The normalized spacial score (nSPS) is 10.3. The van der Waals surface area contributed by atoms with Gasteiger partial charge in [0.15, 0.2) is 0 Å². The zero-order chi connectivity index (χ0) is 12.3. The smallest absolute Gasteiger partial charge is 0.327 e. The molecule has 0 saturated carbocycles. The van der Waals surface area contributed by atoms with Crippen LogP contribution in [0.4, 0.5) is 0 Å². The summed E-state index contributed by atoms with van der Waals surface area (Å²) in [5.74, 6) is 0.968. The molecule has 2 nitrogen and oxygen atoms in total. The van der Waals surface area contributed by atoms with Crippen molar-refractivity contribution in [2.75, 3.05) is 0 Å². The van der Waals surface area contributed by atoms with Gasteiger partial charge >= 0.3 is 5.97 Å². The first-order valence-corrected chi connectivity index (χ1v) is 7.20. The predicted octanol–water partition coefficient (Wildman–Crippen LogP) is 3.49. The highest BCUT2D eigenvalue weighted by Gasteiger charge is 1.98. The van der Waals surface area contributed by atoms with Gasteiger partial charge in [-0.1, -0.05) is 45.6 Å². The average Bonchev–Trinajstić information content (AvgIpc) is 2.03. The van der Waals surface area contributed by atoms with Crippen LogP contribution in [0.25, 0.3) is 0 Å². The van der Waals surface area contributed by atoms with E-state index in [0.29, 0.717) is 0 Å². The maximum atomic E-state index is 9.51. The Kier molecular flexibility index (Phi) is 13.5. The van der Waals surface area contributed by atoms with Gasteiger partial charge in [0, 0.05) is 6.08 Å². The van der Waals surface area contributed by atoms with Gasteiger partial charge in [0.2, 0.25) is 15.2 Å². The molecule has 0 atom stereocenters. The first-order chi connectivity index (χ1) is 6.90. The van der Waals surface area contributed by atoms with Crippen molar-refractivity contribution >= 4 is 21.2 Å². The molecule has 0 aromatic carbocycles. The van der Waals surface area contributed by atoms with Gasteiger partial charge in [0.05, 0.1) is 0 Å². The lowest BCUT2D eigenvalue weighted by atomic mass is 10.3. The predicted molar refractivity (Wildman–Crippen MR) is 67.5 cm³/mol. The molecule has 0 amide bonds. The number of carbonyl (C=O) groups is 1. The average molecular weight is 227 g/mol. The molecule has 0 heterocycles. The summed E-state index contributed by atoms with van der Waals surface area (Å²) in [5.41, 5.74) is 0. The Bertz CT molecular complexity index is 166. The fourth-order valence-corrected chi connectivity index (χ4v) is 2.43.